The third-order valence-corrected chi connectivity index (χ3v) is 4.85. The minimum atomic E-state index is -0.339. The molecule has 1 aliphatic carbocycles. The van der Waals surface area contributed by atoms with Gasteiger partial charge < -0.3 is 10.1 Å². The molecule has 0 radical (unpaired) electrons. The van der Waals surface area contributed by atoms with Gasteiger partial charge in [-0.3, -0.25) is 4.90 Å². The van der Waals surface area contributed by atoms with E-state index in [4.69, 9.17) is 17.0 Å². The highest BCUT2D eigenvalue weighted by Gasteiger charge is 2.44. The molecule has 0 bridgehead atoms. The number of hydrogen-bond acceptors (Lipinski definition) is 4. The lowest BCUT2D eigenvalue weighted by atomic mass is 9.97. The van der Waals surface area contributed by atoms with Crippen molar-refractivity contribution >= 4 is 29.0 Å². The number of carbonyl (C=O) groups excluding carboxylic acids is 1. The molecule has 0 unspecified atom stereocenters. The van der Waals surface area contributed by atoms with Gasteiger partial charge in [0.15, 0.2) is 0 Å². The molecule has 1 atom stereocenters. The van der Waals surface area contributed by atoms with Crippen LogP contribution in [0, 0.1) is 11.3 Å². The van der Waals surface area contributed by atoms with E-state index in [1.165, 1.54) is 0 Å². The topological polar surface area (TPSA) is 65.4 Å². The highest BCUT2D eigenvalue weighted by atomic mass is 32.1. The molecule has 1 amide bonds. The number of rotatable bonds is 5. The molecule has 3 rings (SSSR count). The molecule has 1 saturated carbocycles. The Morgan fingerprint density at radius 2 is 2.17 bits per heavy atom. The summed E-state index contributed by atoms with van der Waals surface area (Å²) < 4.78 is 5.37. The minimum absolute atomic E-state index is 0.208. The normalized spacial score (nSPS) is 21.5. The molecule has 0 spiro atoms. The second-order valence-corrected chi connectivity index (χ2v) is 6.51. The van der Waals surface area contributed by atoms with Crippen LogP contribution in [0.4, 0.5) is 10.5 Å². The van der Waals surface area contributed by atoms with E-state index in [-0.39, 0.29) is 17.6 Å². The van der Waals surface area contributed by atoms with Gasteiger partial charge in [0.2, 0.25) is 0 Å². The van der Waals surface area contributed by atoms with Gasteiger partial charge in [-0.1, -0.05) is 31.3 Å². The van der Waals surface area contributed by atoms with E-state index >= 15 is 0 Å². The monoisotopic (exact) mass is 329 g/mol. The first-order chi connectivity index (χ1) is 11.1. The summed E-state index contributed by atoms with van der Waals surface area (Å²) in [5.74, 6) is 0. The number of hydrogen-bond donors (Lipinski definition) is 1. The molecule has 0 aromatic heterocycles. The first kappa shape index (κ1) is 15.8. The Bertz CT molecular complexity index is 661. The molecule has 1 N–H and O–H groups in total. The quantitative estimate of drug-likeness (QED) is 0.842. The summed E-state index contributed by atoms with van der Waals surface area (Å²) in [5.41, 5.74) is 1.53. The second-order valence-electron chi connectivity index (χ2n) is 6.01. The zero-order valence-electron chi connectivity index (χ0n) is 13.0. The summed E-state index contributed by atoms with van der Waals surface area (Å²) in [7, 11) is 0. The van der Waals surface area contributed by atoms with Crippen LogP contribution < -0.4 is 10.2 Å². The summed E-state index contributed by atoms with van der Waals surface area (Å²) in [4.78, 5) is 14.4. The van der Waals surface area contributed by atoms with E-state index < -0.39 is 0 Å². The molecule has 1 aromatic carbocycles. The Labute approximate surface area is 141 Å². The van der Waals surface area contributed by atoms with Crippen molar-refractivity contribution in [1.29, 1.82) is 5.26 Å². The fourth-order valence-corrected chi connectivity index (χ4v) is 2.83. The average Bonchev–Trinajstić information content (AvgIpc) is 3.30. The zero-order chi connectivity index (χ0) is 16.4. The molecule has 23 heavy (non-hydrogen) atoms. The Balaban J connectivity index is 1.64. The van der Waals surface area contributed by atoms with Crippen molar-refractivity contribution in [2.45, 2.75) is 37.7 Å². The van der Waals surface area contributed by atoms with E-state index in [0.29, 0.717) is 13.1 Å². The number of carbonyl (C=O) groups is 1. The number of ether oxygens (including phenoxy) is 1. The number of anilines is 1. The Hall–Kier alpha value is -2.13. The molecule has 1 saturated heterocycles. The average molecular weight is 329 g/mol. The van der Waals surface area contributed by atoms with Gasteiger partial charge in [0.25, 0.3) is 0 Å². The number of nitrogens with one attached hydrogen (secondary N) is 1. The molecule has 2 fully saturated rings. The molecule has 2 aliphatic rings. The first-order valence-corrected chi connectivity index (χ1v) is 8.25. The third kappa shape index (κ3) is 3.15. The van der Waals surface area contributed by atoms with Crippen molar-refractivity contribution in [2.24, 2.45) is 0 Å². The summed E-state index contributed by atoms with van der Waals surface area (Å²) in [6.45, 7) is 3.02. The van der Waals surface area contributed by atoms with Crippen molar-refractivity contribution in [3.05, 3.63) is 29.8 Å². The van der Waals surface area contributed by atoms with E-state index in [2.05, 4.69) is 11.4 Å². The van der Waals surface area contributed by atoms with Gasteiger partial charge in [0, 0.05) is 5.69 Å². The van der Waals surface area contributed by atoms with Crippen molar-refractivity contribution in [1.82, 2.24) is 5.32 Å². The summed E-state index contributed by atoms with van der Waals surface area (Å²) >= 11 is 5.12. The van der Waals surface area contributed by atoms with Crippen molar-refractivity contribution in [3.8, 4) is 6.07 Å². The first-order valence-electron chi connectivity index (χ1n) is 7.84. The van der Waals surface area contributed by atoms with Crippen molar-refractivity contribution in [2.75, 3.05) is 18.0 Å². The summed E-state index contributed by atoms with van der Waals surface area (Å²) in [6.07, 6.45) is 2.07. The smallest absolute Gasteiger partial charge is 0.414 e. The van der Waals surface area contributed by atoms with Gasteiger partial charge in [-0.25, -0.2) is 4.79 Å². The minimum Gasteiger partial charge on any atom is -0.442 e. The van der Waals surface area contributed by atoms with E-state index in [9.17, 15) is 10.1 Å². The largest absolute Gasteiger partial charge is 0.442 e. The van der Waals surface area contributed by atoms with Gasteiger partial charge in [0.1, 0.15) is 6.10 Å². The van der Waals surface area contributed by atoms with Crippen LogP contribution in [0.3, 0.4) is 0 Å². The lowest BCUT2D eigenvalue weighted by molar-refractivity contribution is 0.143. The SMILES string of the molecule is CCC(=S)NC[C@H]1CN(c2ccc(C3(C#N)CC3)cc2)C(=O)O1. The van der Waals surface area contributed by atoms with Gasteiger partial charge in [-0.2, -0.15) is 5.26 Å². The predicted molar refractivity (Wildman–Crippen MR) is 91.5 cm³/mol. The van der Waals surface area contributed by atoms with Crippen LogP contribution in [0.5, 0.6) is 0 Å². The summed E-state index contributed by atoms with van der Waals surface area (Å²) in [5, 5.41) is 12.3. The predicted octanol–water partition coefficient (Wildman–Crippen LogP) is 2.89. The van der Waals surface area contributed by atoms with Gasteiger partial charge in [-0.15, -0.1) is 0 Å². The highest BCUT2D eigenvalue weighted by Crippen LogP contribution is 2.47. The lowest BCUT2D eigenvalue weighted by Gasteiger charge is -2.15. The van der Waals surface area contributed by atoms with Crippen LogP contribution in [-0.2, 0) is 10.2 Å². The van der Waals surface area contributed by atoms with Gasteiger partial charge in [0.05, 0.1) is 29.6 Å². The van der Waals surface area contributed by atoms with Gasteiger partial charge in [-0.05, 0) is 37.0 Å². The van der Waals surface area contributed by atoms with Gasteiger partial charge >= 0.3 is 6.09 Å². The van der Waals surface area contributed by atoms with Crippen LogP contribution in [-0.4, -0.2) is 30.3 Å². The number of thiocarbonyl (C=S) groups is 1. The number of nitrogens with zero attached hydrogens (tertiary/aromatic N) is 2. The number of nitriles is 1. The molecular formula is C17H19N3O2S. The van der Waals surface area contributed by atoms with Crippen molar-refractivity contribution in [3.63, 3.8) is 0 Å². The molecule has 1 aromatic rings. The maximum Gasteiger partial charge on any atom is 0.414 e. The van der Waals surface area contributed by atoms with Crippen LogP contribution in [0.15, 0.2) is 24.3 Å². The number of benzene rings is 1. The molecule has 6 heteroatoms. The fourth-order valence-electron chi connectivity index (χ4n) is 2.74. The van der Waals surface area contributed by atoms with Crippen molar-refractivity contribution < 1.29 is 9.53 Å². The molecular weight excluding hydrogens is 310 g/mol. The van der Waals surface area contributed by atoms with Crippen LogP contribution >= 0.6 is 12.2 Å². The van der Waals surface area contributed by atoms with E-state index in [0.717, 1.165) is 35.5 Å². The Morgan fingerprint density at radius 3 is 2.74 bits per heavy atom. The Morgan fingerprint density at radius 1 is 1.48 bits per heavy atom. The molecule has 120 valence electrons. The van der Waals surface area contributed by atoms with E-state index in [1.807, 2.05) is 31.2 Å². The second kappa shape index (κ2) is 6.17. The number of cyclic esters (lactones) is 1. The third-order valence-electron chi connectivity index (χ3n) is 4.42. The zero-order valence-corrected chi connectivity index (χ0v) is 13.9. The van der Waals surface area contributed by atoms with Crippen LogP contribution in [0.1, 0.15) is 31.7 Å². The molecule has 1 aliphatic heterocycles. The maximum atomic E-state index is 12.0. The molecule has 5 nitrogen and oxygen atoms in total. The Kier molecular flexibility index (Phi) is 4.22. The fraction of sp³-hybridized carbons (Fsp3) is 0.471. The van der Waals surface area contributed by atoms with E-state index in [1.54, 1.807) is 4.90 Å². The standard InChI is InChI=1S/C17H19N3O2S/c1-2-15(23)19-9-14-10-20(16(21)22-14)13-5-3-12(4-6-13)17(11-18)7-8-17/h3-6,14H,2,7-10H2,1H3,(H,19,23)/t14-/m0/s1. The highest BCUT2D eigenvalue weighted by molar-refractivity contribution is 7.80. The maximum absolute atomic E-state index is 12.0. The van der Waals surface area contributed by atoms with Crippen LogP contribution in [0.2, 0.25) is 0 Å². The molecule has 1 heterocycles. The lowest BCUT2D eigenvalue weighted by Crippen LogP contribution is -2.33. The number of amides is 1. The van der Waals surface area contributed by atoms with Crippen LogP contribution in [0.25, 0.3) is 0 Å². The summed E-state index contributed by atoms with van der Waals surface area (Å²) in [6, 6.07) is 10.0.